The Labute approximate surface area is 114 Å². The van der Waals surface area contributed by atoms with Crippen molar-refractivity contribution in [1.82, 2.24) is 10.2 Å². The standard InChI is InChI=1S/C13H24N2O4/c1-13(2,3)19-12(17)15-8-5-6-10(15)11(16)14-7-9-18-4/h10H,5-9H2,1-4H3,(H,14,16). The van der Waals surface area contributed by atoms with Gasteiger partial charge in [-0.1, -0.05) is 0 Å². The van der Waals surface area contributed by atoms with Crippen molar-refractivity contribution in [2.24, 2.45) is 0 Å². The maximum Gasteiger partial charge on any atom is 0.410 e. The maximum absolute atomic E-state index is 12.0. The average molecular weight is 272 g/mol. The van der Waals surface area contributed by atoms with Gasteiger partial charge in [-0.3, -0.25) is 9.69 Å². The molecule has 2 amide bonds. The van der Waals surface area contributed by atoms with E-state index in [-0.39, 0.29) is 5.91 Å². The Hall–Kier alpha value is -1.30. The Bertz CT molecular complexity index is 325. The number of hydrogen-bond acceptors (Lipinski definition) is 4. The summed E-state index contributed by atoms with van der Waals surface area (Å²) in [5.74, 6) is -0.139. The van der Waals surface area contributed by atoms with Crippen LogP contribution in [0.4, 0.5) is 4.79 Å². The van der Waals surface area contributed by atoms with Crippen molar-refractivity contribution < 1.29 is 19.1 Å². The van der Waals surface area contributed by atoms with E-state index < -0.39 is 17.7 Å². The number of nitrogens with zero attached hydrogens (tertiary/aromatic N) is 1. The SMILES string of the molecule is COCCNC(=O)C1CCCN1C(=O)OC(C)(C)C. The zero-order chi connectivity index (χ0) is 14.5. The van der Waals surface area contributed by atoms with Gasteiger partial charge in [0.15, 0.2) is 0 Å². The lowest BCUT2D eigenvalue weighted by Gasteiger charge is -2.28. The monoisotopic (exact) mass is 272 g/mol. The van der Waals surface area contributed by atoms with E-state index in [2.05, 4.69) is 5.32 Å². The lowest BCUT2D eigenvalue weighted by Crippen LogP contribution is -2.48. The molecule has 0 aromatic carbocycles. The number of ether oxygens (including phenoxy) is 2. The summed E-state index contributed by atoms with van der Waals surface area (Å²) in [6.07, 6.45) is 1.08. The van der Waals surface area contributed by atoms with Crippen molar-refractivity contribution in [1.29, 1.82) is 0 Å². The highest BCUT2D eigenvalue weighted by Crippen LogP contribution is 2.20. The van der Waals surface area contributed by atoms with E-state index in [1.165, 1.54) is 4.90 Å². The topological polar surface area (TPSA) is 67.9 Å². The molecule has 0 aromatic rings. The minimum atomic E-state index is -0.545. The average Bonchev–Trinajstić information content (AvgIpc) is 2.75. The van der Waals surface area contributed by atoms with Crippen LogP contribution in [0, 0.1) is 0 Å². The fourth-order valence-electron chi connectivity index (χ4n) is 1.97. The van der Waals surface area contributed by atoms with E-state index in [4.69, 9.17) is 9.47 Å². The molecule has 1 aliphatic heterocycles. The van der Waals surface area contributed by atoms with Crippen LogP contribution in [0.1, 0.15) is 33.6 Å². The lowest BCUT2D eigenvalue weighted by atomic mass is 10.2. The van der Waals surface area contributed by atoms with Gasteiger partial charge in [0.25, 0.3) is 0 Å². The first-order chi connectivity index (χ1) is 8.85. The van der Waals surface area contributed by atoms with Crippen molar-refractivity contribution in [2.45, 2.75) is 45.3 Å². The Kier molecular flexibility index (Phi) is 5.60. The summed E-state index contributed by atoms with van der Waals surface area (Å²) in [4.78, 5) is 25.5. The second-order valence-corrected chi connectivity index (χ2v) is 5.62. The number of rotatable bonds is 4. The van der Waals surface area contributed by atoms with E-state index in [1.807, 2.05) is 20.8 Å². The number of carbonyl (C=O) groups excluding carboxylic acids is 2. The van der Waals surface area contributed by atoms with E-state index in [9.17, 15) is 9.59 Å². The molecule has 0 radical (unpaired) electrons. The van der Waals surface area contributed by atoms with Crippen molar-refractivity contribution in [3.8, 4) is 0 Å². The Morgan fingerprint density at radius 1 is 1.37 bits per heavy atom. The molecule has 1 saturated heterocycles. The molecule has 1 aliphatic rings. The molecule has 1 N–H and O–H groups in total. The predicted molar refractivity (Wildman–Crippen MR) is 70.8 cm³/mol. The van der Waals surface area contributed by atoms with Gasteiger partial charge in [-0.2, -0.15) is 0 Å². The van der Waals surface area contributed by atoms with Crippen LogP contribution in [-0.2, 0) is 14.3 Å². The first-order valence-electron chi connectivity index (χ1n) is 6.61. The number of nitrogens with one attached hydrogen (secondary N) is 1. The molecule has 6 nitrogen and oxygen atoms in total. The summed E-state index contributed by atoms with van der Waals surface area (Å²) >= 11 is 0. The largest absolute Gasteiger partial charge is 0.444 e. The van der Waals surface area contributed by atoms with Crippen LogP contribution in [0.15, 0.2) is 0 Å². The van der Waals surface area contributed by atoms with Gasteiger partial charge in [0.2, 0.25) is 5.91 Å². The molecule has 19 heavy (non-hydrogen) atoms. The van der Waals surface area contributed by atoms with Crippen LogP contribution >= 0.6 is 0 Å². The number of likely N-dealkylation sites (tertiary alicyclic amines) is 1. The maximum atomic E-state index is 12.0. The molecular formula is C13H24N2O4. The van der Waals surface area contributed by atoms with Crippen molar-refractivity contribution in [2.75, 3.05) is 26.8 Å². The minimum absolute atomic E-state index is 0.139. The molecule has 0 spiro atoms. The molecule has 1 atom stereocenters. The highest BCUT2D eigenvalue weighted by Gasteiger charge is 2.36. The fourth-order valence-corrected chi connectivity index (χ4v) is 1.97. The summed E-state index contributed by atoms with van der Waals surface area (Å²) in [7, 11) is 1.58. The molecule has 6 heteroatoms. The van der Waals surface area contributed by atoms with Crippen LogP contribution in [0.5, 0.6) is 0 Å². The van der Waals surface area contributed by atoms with Gasteiger partial charge < -0.3 is 14.8 Å². The lowest BCUT2D eigenvalue weighted by molar-refractivity contribution is -0.125. The van der Waals surface area contributed by atoms with Crippen LogP contribution in [0.2, 0.25) is 0 Å². The molecule has 0 aliphatic carbocycles. The highest BCUT2D eigenvalue weighted by atomic mass is 16.6. The third-order valence-electron chi connectivity index (χ3n) is 2.79. The number of amides is 2. The summed E-state index contributed by atoms with van der Waals surface area (Å²) in [5.41, 5.74) is -0.545. The predicted octanol–water partition coefficient (Wildman–Crippen LogP) is 1.15. The number of carbonyl (C=O) groups is 2. The fraction of sp³-hybridized carbons (Fsp3) is 0.846. The molecule has 1 heterocycles. The third kappa shape index (κ3) is 5.06. The summed E-state index contributed by atoms with van der Waals surface area (Å²) in [6.45, 7) is 6.92. The zero-order valence-corrected chi connectivity index (χ0v) is 12.2. The molecule has 110 valence electrons. The highest BCUT2D eigenvalue weighted by molar-refractivity contribution is 5.86. The van der Waals surface area contributed by atoms with Crippen molar-refractivity contribution in [3.05, 3.63) is 0 Å². The van der Waals surface area contributed by atoms with Crippen LogP contribution in [-0.4, -0.2) is 55.3 Å². The van der Waals surface area contributed by atoms with Gasteiger partial charge in [0.05, 0.1) is 6.61 Å². The Morgan fingerprint density at radius 2 is 2.05 bits per heavy atom. The van der Waals surface area contributed by atoms with Gasteiger partial charge in [-0.15, -0.1) is 0 Å². The second kappa shape index (κ2) is 6.75. The normalized spacial score (nSPS) is 19.4. The molecule has 1 unspecified atom stereocenters. The molecule has 1 fully saturated rings. The third-order valence-corrected chi connectivity index (χ3v) is 2.79. The number of hydrogen-bond donors (Lipinski definition) is 1. The van der Waals surface area contributed by atoms with Crippen LogP contribution in [0.25, 0.3) is 0 Å². The summed E-state index contributed by atoms with van der Waals surface area (Å²) in [5, 5.41) is 2.76. The smallest absolute Gasteiger partial charge is 0.410 e. The van der Waals surface area contributed by atoms with Crippen LogP contribution in [0.3, 0.4) is 0 Å². The molecule has 0 saturated carbocycles. The van der Waals surface area contributed by atoms with Gasteiger partial charge in [0, 0.05) is 20.2 Å². The van der Waals surface area contributed by atoms with E-state index >= 15 is 0 Å². The second-order valence-electron chi connectivity index (χ2n) is 5.62. The van der Waals surface area contributed by atoms with E-state index in [0.29, 0.717) is 26.1 Å². The molecule has 1 rings (SSSR count). The molecular weight excluding hydrogens is 248 g/mol. The van der Waals surface area contributed by atoms with E-state index in [1.54, 1.807) is 7.11 Å². The Morgan fingerprint density at radius 3 is 2.63 bits per heavy atom. The van der Waals surface area contributed by atoms with Gasteiger partial charge in [-0.25, -0.2) is 4.79 Å². The Balaban J connectivity index is 2.53. The van der Waals surface area contributed by atoms with Crippen LogP contribution < -0.4 is 5.32 Å². The molecule has 0 bridgehead atoms. The quantitative estimate of drug-likeness (QED) is 0.780. The van der Waals surface area contributed by atoms with Gasteiger partial charge in [0.1, 0.15) is 11.6 Å². The first kappa shape index (κ1) is 15.8. The van der Waals surface area contributed by atoms with Crippen molar-refractivity contribution in [3.63, 3.8) is 0 Å². The van der Waals surface area contributed by atoms with Gasteiger partial charge in [-0.05, 0) is 33.6 Å². The molecule has 0 aromatic heterocycles. The minimum Gasteiger partial charge on any atom is -0.444 e. The number of methoxy groups -OCH3 is 1. The van der Waals surface area contributed by atoms with Gasteiger partial charge >= 0.3 is 6.09 Å². The summed E-state index contributed by atoms with van der Waals surface area (Å²) < 4.78 is 10.2. The zero-order valence-electron chi connectivity index (χ0n) is 12.2. The first-order valence-corrected chi connectivity index (χ1v) is 6.61. The summed E-state index contributed by atoms with van der Waals surface area (Å²) in [6, 6.07) is -0.424. The van der Waals surface area contributed by atoms with Crippen molar-refractivity contribution >= 4 is 12.0 Å². The van der Waals surface area contributed by atoms with E-state index in [0.717, 1.165) is 6.42 Å².